The summed E-state index contributed by atoms with van der Waals surface area (Å²) in [5, 5.41) is 12.5. The lowest BCUT2D eigenvalue weighted by Gasteiger charge is -2.24. The quantitative estimate of drug-likeness (QED) is 0.374. The Hall–Kier alpha value is -4.67. The Labute approximate surface area is 256 Å². The molecule has 2 aliphatic heterocycles. The molecule has 2 aliphatic rings. The molecule has 44 heavy (non-hydrogen) atoms. The topological polar surface area (TPSA) is 123 Å². The van der Waals surface area contributed by atoms with E-state index in [0.29, 0.717) is 75.7 Å². The SMILES string of the molecule is Cc1cc(C)n(CCC(=O)N2C[C@@H]3C(=O)NCCCN(C(=O)Cc4noc5ccccc45)CCOc4cccc(c4)[C@H]3C2)n1. The van der Waals surface area contributed by atoms with Crippen molar-refractivity contribution in [1.82, 2.24) is 30.1 Å². The first-order valence-electron chi connectivity index (χ1n) is 15.3. The monoisotopic (exact) mass is 598 g/mol. The van der Waals surface area contributed by atoms with E-state index in [-0.39, 0.29) is 36.0 Å². The maximum atomic E-state index is 13.5. The Bertz CT molecular complexity index is 1660. The van der Waals surface area contributed by atoms with Crippen LogP contribution in [0.5, 0.6) is 5.75 Å². The second kappa shape index (κ2) is 12.9. The van der Waals surface area contributed by atoms with Crippen LogP contribution >= 0.6 is 0 Å². The maximum Gasteiger partial charge on any atom is 0.228 e. The van der Waals surface area contributed by atoms with Crippen LogP contribution in [0.2, 0.25) is 0 Å². The smallest absolute Gasteiger partial charge is 0.228 e. The predicted molar refractivity (Wildman–Crippen MR) is 163 cm³/mol. The van der Waals surface area contributed by atoms with Gasteiger partial charge in [0.2, 0.25) is 17.7 Å². The van der Waals surface area contributed by atoms with Gasteiger partial charge in [0.25, 0.3) is 0 Å². The van der Waals surface area contributed by atoms with Crippen molar-refractivity contribution in [2.45, 2.75) is 45.6 Å². The molecular weight excluding hydrogens is 560 g/mol. The molecule has 0 radical (unpaired) electrons. The summed E-state index contributed by atoms with van der Waals surface area (Å²) in [5.74, 6) is -0.0110. The van der Waals surface area contributed by atoms with Crippen molar-refractivity contribution in [3.05, 3.63) is 77.2 Å². The van der Waals surface area contributed by atoms with Crippen molar-refractivity contribution >= 4 is 28.7 Å². The Morgan fingerprint density at radius 3 is 2.66 bits per heavy atom. The molecule has 2 bridgehead atoms. The molecule has 4 aromatic rings. The summed E-state index contributed by atoms with van der Waals surface area (Å²) in [5.41, 5.74) is 4.16. The highest BCUT2D eigenvalue weighted by atomic mass is 16.5. The molecule has 2 aromatic heterocycles. The maximum absolute atomic E-state index is 13.5. The first kappa shape index (κ1) is 29.4. The lowest BCUT2D eigenvalue weighted by molar-refractivity contribution is -0.131. The second-order valence-corrected chi connectivity index (χ2v) is 11.7. The van der Waals surface area contributed by atoms with Crippen LogP contribution in [0.1, 0.15) is 41.4 Å². The fraction of sp³-hybridized carbons (Fsp3) is 0.424. The highest BCUT2D eigenvalue weighted by Crippen LogP contribution is 2.35. The van der Waals surface area contributed by atoms with Crippen LogP contribution < -0.4 is 10.1 Å². The minimum Gasteiger partial charge on any atom is -0.492 e. The predicted octanol–water partition coefficient (Wildman–Crippen LogP) is 3.24. The average molecular weight is 599 g/mol. The van der Waals surface area contributed by atoms with Gasteiger partial charge in [0.15, 0.2) is 5.58 Å². The van der Waals surface area contributed by atoms with E-state index in [9.17, 15) is 14.4 Å². The van der Waals surface area contributed by atoms with Crippen LogP contribution in [0.3, 0.4) is 0 Å². The van der Waals surface area contributed by atoms with Gasteiger partial charge in [0.1, 0.15) is 18.1 Å². The van der Waals surface area contributed by atoms with Crippen molar-refractivity contribution in [3.8, 4) is 5.75 Å². The standard InChI is InChI=1S/C33H38N6O5/c1-22-17-23(2)39(35-22)14-11-31(40)38-20-27-24-7-5-8-25(18-24)43-16-15-37(13-6-12-34-33(42)28(27)21-38)32(41)19-29-26-9-3-4-10-30(26)44-36-29/h3-5,7-10,17-18,27-28H,6,11-16,19-21H2,1-2H3,(H,34,42)/t27-,28+/m1/s1. The summed E-state index contributed by atoms with van der Waals surface area (Å²) in [7, 11) is 0. The molecule has 11 heteroatoms. The number of nitrogens with one attached hydrogen (secondary N) is 1. The van der Waals surface area contributed by atoms with Gasteiger partial charge in [-0.15, -0.1) is 0 Å². The number of aryl methyl sites for hydroxylation is 3. The number of amides is 3. The summed E-state index contributed by atoms with van der Waals surface area (Å²) >= 11 is 0. The lowest BCUT2D eigenvalue weighted by atomic mass is 9.88. The van der Waals surface area contributed by atoms with Crippen LogP contribution in [0, 0.1) is 19.8 Å². The Kier molecular flexibility index (Phi) is 8.63. The number of aromatic nitrogens is 3. The minimum absolute atomic E-state index is 0.0113. The number of benzene rings is 2. The van der Waals surface area contributed by atoms with E-state index in [1.165, 1.54) is 0 Å². The number of ether oxygens (including phenoxy) is 1. The van der Waals surface area contributed by atoms with Crippen LogP contribution in [0.4, 0.5) is 0 Å². The van der Waals surface area contributed by atoms with Crippen LogP contribution in [-0.2, 0) is 27.3 Å². The van der Waals surface area contributed by atoms with Crippen molar-refractivity contribution in [1.29, 1.82) is 0 Å². The third kappa shape index (κ3) is 6.46. The number of para-hydroxylation sites is 1. The lowest BCUT2D eigenvalue weighted by Crippen LogP contribution is -2.40. The molecule has 1 saturated heterocycles. The Morgan fingerprint density at radius 2 is 1.82 bits per heavy atom. The summed E-state index contributed by atoms with van der Waals surface area (Å²) in [6, 6.07) is 17.2. The van der Waals surface area contributed by atoms with Gasteiger partial charge in [-0.1, -0.05) is 29.4 Å². The molecule has 230 valence electrons. The van der Waals surface area contributed by atoms with E-state index in [1.54, 1.807) is 9.80 Å². The van der Waals surface area contributed by atoms with Gasteiger partial charge in [0, 0.05) is 56.1 Å². The molecule has 0 spiro atoms. The molecule has 1 fully saturated rings. The summed E-state index contributed by atoms with van der Waals surface area (Å²) < 4.78 is 13.4. The Balaban J connectivity index is 1.14. The van der Waals surface area contributed by atoms with Gasteiger partial charge < -0.3 is 24.4 Å². The zero-order valence-corrected chi connectivity index (χ0v) is 25.2. The zero-order chi connectivity index (χ0) is 30.6. The first-order valence-corrected chi connectivity index (χ1v) is 15.3. The molecule has 3 amide bonds. The van der Waals surface area contributed by atoms with Crippen LogP contribution in [0.15, 0.2) is 59.1 Å². The molecule has 0 aliphatic carbocycles. The van der Waals surface area contributed by atoms with Crippen LogP contribution in [0.25, 0.3) is 11.0 Å². The van der Waals surface area contributed by atoms with E-state index < -0.39 is 0 Å². The number of carbonyl (C=O) groups is 3. The fourth-order valence-corrected chi connectivity index (χ4v) is 6.27. The molecule has 2 atom stereocenters. The number of likely N-dealkylation sites (tertiary alicyclic amines) is 1. The van der Waals surface area contributed by atoms with E-state index in [0.717, 1.165) is 22.3 Å². The number of fused-ring (bicyclic) bond motifs is 5. The number of hydrogen-bond donors (Lipinski definition) is 1. The average Bonchev–Trinajstić information content (AvgIpc) is 3.73. The minimum atomic E-state index is -0.385. The van der Waals surface area contributed by atoms with Gasteiger partial charge >= 0.3 is 0 Å². The largest absolute Gasteiger partial charge is 0.492 e. The molecule has 0 unspecified atom stereocenters. The van der Waals surface area contributed by atoms with Crippen molar-refractivity contribution < 1.29 is 23.6 Å². The second-order valence-electron chi connectivity index (χ2n) is 11.7. The van der Waals surface area contributed by atoms with E-state index in [2.05, 4.69) is 15.6 Å². The molecule has 4 heterocycles. The molecule has 1 N–H and O–H groups in total. The highest BCUT2D eigenvalue weighted by Gasteiger charge is 2.40. The molecule has 6 rings (SSSR count). The summed E-state index contributed by atoms with van der Waals surface area (Å²) in [6.45, 7) is 6.86. The van der Waals surface area contributed by atoms with Crippen molar-refractivity contribution in [3.63, 3.8) is 0 Å². The van der Waals surface area contributed by atoms with E-state index >= 15 is 0 Å². The van der Waals surface area contributed by atoms with Crippen molar-refractivity contribution in [2.24, 2.45) is 5.92 Å². The Morgan fingerprint density at radius 1 is 0.977 bits per heavy atom. The van der Waals surface area contributed by atoms with Gasteiger partial charge in [-0.05, 0) is 56.2 Å². The van der Waals surface area contributed by atoms with Gasteiger partial charge in [-0.2, -0.15) is 5.10 Å². The number of hydrogen-bond acceptors (Lipinski definition) is 7. The summed E-state index contributed by atoms with van der Waals surface area (Å²) in [4.78, 5) is 43.7. The highest BCUT2D eigenvalue weighted by molar-refractivity contribution is 5.86. The first-order chi connectivity index (χ1) is 21.4. The number of nitrogens with zero attached hydrogens (tertiary/aromatic N) is 5. The van der Waals surface area contributed by atoms with Crippen LogP contribution in [-0.4, -0.2) is 81.8 Å². The fourth-order valence-electron chi connectivity index (χ4n) is 6.27. The van der Waals surface area contributed by atoms with E-state index in [4.69, 9.17) is 9.26 Å². The molecule has 0 saturated carbocycles. The summed E-state index contributed by atoms with van der Waals surface area (Å²) in [6.07, 6.45) is 1.03. The zero-order valence-electron chi connectivity index (χ0n) is 25.2. The molecule has 2 aromatic carbocycles. The van der Waals surface area contributed by atoms with Gasteiger partial charge in [-0.3, -0.25) is 19.1 Å². The third-order valence-electron chi connectivity index (χ3n) is 8.59. The number of rotatable bonds is 5. The van der Waals surface area contributed by atoms with Gasteiger partial charge in [-0.25, -0.2) is 0 Å². The van der Waals surface area contributed by atoms with E-state index in [1.807, 2.05) is 73.1 Å². The number of carbonyl (C=O) groups excluding carboxylic acids is 3. The normalized spacial score (nSPS) is 19.3. The third-order valence-corrected chi connectivity index (χ3v) is 8.59. The van der Waals surface area contributed by atoms with Crippen molar-refractivity contribution in [2.75, 3.05) is 39.3 Å². The molecule has 11 nitrogen and oxygen atoms in total. The van der Waals surface area contributed by atoms with Gasteiger partial charge in [0.05, 0.1) is 24.6 Å². The molecular formula is C33H38N6O5.